The molecule has 1 aromatic carbocycles. The first kappa shape index (κ1) is 14.7. The number of carbonyl (C=O) groups excluding carboxylic acids is 2. The predicted molar refractivity (Wildman–Crippen MR) is 78.3 cm³/mol. The highest BCUT2D eigenvalue weighted by molar-refractivity contribution is 5.95. The van der Waals surface area contributed by atoms with Gasteiger partial charge in [-0.1, -0.05) is 30.3 Å². The van der Waals surface area contributed by atoms with Crippen molar-refractivity contribution in [1.29, 1.82) is 0 Å². The summed E-state index contributed by atoms with van der Waals surface area (Å²) in [5.74, 6) is -0.502. The number of nitrogens with two attached hydrogens (primary N) is 1. The van der Waals surface area contributed by atoms with Crippen molar-refractivity contribution >= 4 is 17.5 Å². The third-order valence-electron chi connectivity index (χ3n) is 2.93. The first-order valence-electron chi connectivity index (χ1n) is 6.44. The molecule has 110 valence electrons. The Labute approximate surface area is 122 Å². The van der Waals surface area contributed by atoms with Gasteiger partial charge in [0.2, 0.25) is 11.8 Å². The topological polar surface area (TPSA) is 102 Å². The third kappa shape index (κ3) is 3.90. The molecule has 1 unspecified atom stereocenters. The van der Waals surface area contributed by atoms with Crippen molar-refractivity contribution < 1.29 is 9.59 Å². The van der Waals surface area contributed by atoms with Crippen molar-refractivity contribution in [2.24, 2.45) is 5.73 Å². The molecular weight excluding hydrogens is 270 g/mol. The lowest BCUT2D eigenvalue weighted by atomic mass is 10.1. The van der Waals surface area contributed by atoms with Crippen LogP contribution < -0.4 is 16.4 Å². The number of hydrogen-bond donors (Lipinski definition) is 3. The largest absolute Gasteiger partial charge is 0.358 e. The Morgan fingerprint density at radius 1 is 1.33 bits per heavy atom. The Morgan fingerprint density at radius 2 is 2.05 bits per heavy atom. The lowest BCUT2D eigenvalue weighted by Crippen LogP contribution is -2.27. The van der Waals surface area contributed by atoms with E-state index in [2.05, 4.69) is 15.7 Å². The first-order chi connectivity index (χ1) is 10.1. The van der Waals surface area contributed by atoms with Crippen LogP contribution in [0.3, 0.4) is 0 Å². The molecule has 1 aromatic heterocycles. The summed E-state index contributed by atoms with van der Waals surface area (Å²) < 4.78 is 1.43. The van der Waals surface area contributed by atoms with Crippen LogP contribution in [0.5, 0.6) is 0 Å². The minimum absolute atomic E-state index is 0.0944. The fraction of sp³-hybridized carbons (Fsp3) is 0.214. The van der Waals surface area contributed by atoms with Crippen LogP contribution in [0, 0.1) is 0 Å². The molecule has 0 spiro atoms. The molecule has 2 aromatic rings. The van der Waals surface area contributed by atoms with Crippen molar-refractivity contribution in [2.75, 3.05) is 12.4 Å². The number of benzene rings is 1. The minimum atomic E-state index is -0.756. The summed E-state index contributed by atoms with van der Waals surface area (Å²) in [5, 5.41) is 9.16. The lowest BCUT2D eigenvalue weighted by molar-refractivity contribution is -0.121. The van der Waals surface area contributed by atoms with E-state index in [0.29, 0.717) is 5.69 Å². The second-order valence-corrected chi connectivity index (χ2v) is 4.48. The molecule has 2 amide bonds. The van der Waals surface area contributed by atoms with Crippen molar-refractivity contribution in [3.05, 3.63) is 48.3 Å². The molecule has 0 radical (unpaired) electrons. The number of hydrogen-bond acceptors (Lipinski definition) is 4. The van der Waals surface area contributed by atoms with E-state index in [0.717, 1.165) is 5.56 Å². The van der Waals surface area contributed by atoms with Gasteiger partial charge in [-0.3, -0.25) is 14.3 Å². The van der Waals surface area contributed by atoms with E-state index in [1.807, 2.05) is 18.2 Å². The van der Waals surface area contributed by atoms with Gasteiger partial charge >= 0.3 is 0 Å². The Kier molecular flexibility index (Phi) is 4.68. The van der Waals surface area contributed by atoms with Crippen molar-refractivity contribution in [2.45, 2.75) is 12.6 Å². The van der Waals surface area contributed by atoms with Gasteiger partial charge in [0.25, 0.3) is 0 Å². The standard InChI is InChI=1S/C14H17N5O2/c1-16-12(20)9-19-8-11(7-17-19)18-14(21)13(15)10-5-3-2-4-6-10/h2-8,13H,9,15H2,1H3,(H,16,20)(H,18,21). The summed E-state index contributed by atoms with van der Waals surface area (Å²) >= 11 is 0. The molecule has 0 saturated heterocycles. The Morgan fingerprint density at radius 3 is 2.71 bits per heavy atom. The maximum Gasteiger partial charge on any atom is 0.245 e. The Balaban J connectivity index is 1.98. The predicted octanol–water partition coefficient (Wildman–Crippen LogP) is 0.268. The van der Waals surface area contributed by atoms with E-state index in [1.54, 1.807) is 25.4 Å². The highest BCUT2D eigenvalue weighted by Gasteiger charge is 2.16. The SMILES string of the molecule is CNC(=O)Cn1cc(NC(=O)C(N)c2ccccc2)cn1. The van der Waals surface area contributed by atoms with E-state index in [-0.39, 0.29) is 18.4 Å². The average Bonchev–Trinajstić information content (AvgIpc) is 2.94. The van der Waals surface area contributed by atoms with Crippen LogP contribution in [0.1, 0.15) is 11.6 Å². The molecule has 0 aliphatic heterocycles. The average molecular weight is 287 g/mol. The molecule has 2 rings (SSSR count). The first-order valence-corrected chi connectivity index (χ1v) is 6.44. The number of rotatable bonds is 5. The molecule has 0 aliphatic rings. The molecule has 7 nitrogen and oxygen atoms in total. The summed E-state index contributed by atoms with van der Waals surface area (Å²) in [5.41, 5.74) is 7.12. The summed E-state index contributed by atoms with van der Waals surface area (Å²) in [6.45, 7) is 0.0944. The quantitative estimate of drug-likeness (QED) is 0.734. The number of likely N-dealkylation sites (N-methyl/N-ethyl adjacent to an activating group) is 1. The number of carbonyl (C=O) groups is 2. The maximum atomic E-state index is 12.0. The monoisotopic (exact) mass is 287 g/mol. The van der Waals surface area contributed by atoms with Gasteiger partial charge in [-0.2, -0.15) is 5.10 Å². The smallest absolute Gasteiger partial charge is 0.245 e. The number of aromatic nitrogens is 2. The molecule has 0 aliphatic carbocycles. The maximum absolute atomic E-state index is 12.0. The van der Waals surface area contributed by atoms with Crippen LogP contribution in [0.2, 0.25) is 0 Å². The molecule has 0 saturated carbocycles. The lowest BCUT2D eigenvalue weighted by Gasteiger charge is -2.11. The molecule has 1 atom stereocenters. The van der Waals surface area contributed by atoms with Crippen LogP contribution in [0.25, 0.3) is 0 Å². The summed E-state index contributed by atoms with van der Waals surface area (Å²) in [6.07, 6.45) is 3.05. The van der Waals surface area contributed by atoms with Crippen LogP contribution in [-0.4, -0.2) is 28.6 Å². The number of nitrogens with zero attached hydrogens (tertiary/aromatic N) is 2. The van der Waals surface area contributed by atoms with Gasteiger partial charge in [-0.25, -0.2) is 0 Å². The van der Waals surface area contributed by atoms with Gasteiger partial charge in [-0.15, -0.1) is 0 Å². The molecule has 0 fully saturated rings. The Hall–Kier alpha value is -2.67. The highest BCUT2D eigenvalue weighted by Crippen LogP contribution is 2.13. The molecule has 7 heteroatoms. The van der Waals surface area contributed by atoms with Crippen molar-refractivity contribution in [3.8, 4) is 0 Å². The second-order valence-electron chi connectivity index (χ2n) is 4.48. The van der Waals surface area contributed by atoms with Gasteiger partial charge in [0.05, 0.1) is 11.9 Å². The number of amides is 2. The molecule has 0 bridgehead atoms. The molecular formula is C14H17N5O2. The van der Waals surface area contributed by atoms with Crippen LogP contribution in [0.4, 0.5) is 5.69 Å². The summed E-state index contributed by atoms with van der Waals surface area (Å²) in [7, 11) is 1.55. The summed E-state index contributed by atoms with van der Waals surface area (Å²) in [4.78, 5) is 23.3. The van der Waals surface area contributed by atoms with E-state index in [1.165, 1.54) is 10.9 Å². The third-order valence-corrected chi connectivity index (χ3v) is 2.93. The van der Waals surface area contributed by atoms with E-state index in [9.17, 15) is 9.59 Å². The zero-order valence-electron chi connectivity index (χ0n) is 11.6. The second kappa shape index (κ2) is 6.67. The molecule has 4 N–H and O–H groups in total. The normalized spacial score (nSPS) is 11.7. The highest BCUT2D eigenvalue weighted by atomic mass is 16.2. The van der Waals surface area contributed by atoms with Crippen molar-refractivity contribution in [3.63, 3.8) is 0 Å². The van der Waals surface area contributed by atoms with Crippen LogP contribution in [-0.2, 0) is 16.1 Å². The molecule has 21 heavy (non-hydrogen) atoms. The number of nitrogens with one attached hydrogen (secondary N) is 2. The zero-order valence-corrected chi connectivity index (χ0v) is 11.6. The van der Waals surface area contributed by atoms with Crippen molar-refractivity contribution in [1.82, 2.24) is 15.1 Å². The Bertz CT molecular complexity index is 623. The zero-order chi connectivity index (χ0) is 15.2. The van der Waals surface area contributed by atoms with Crippen LogP contribution in [0.15, 0.2) is 42.7 Å². The van der Waals surface area contributed by atoms with E-state index < -0.39 is 6.04 Å². The van der Waals surface area contributed by atoms with Gasteiger partial charge in [-0.05, 0) is 5.56 Å². The number of anilines is 1. The van der Waals surface area contributed by atoms with Gasteiger partial charge in [0.1, 0.15) is 12.6 Å². The van der Waals surface area contributed by atoms with Gasteiger partial charge in [0.15, 0.2) is 0 Å². The summed E-state index contributed by atoms with van der Waals surface area (Å²) in [6, 6.07) is 8.33. The fourth-order valence-corrected chi connectivity index (χ4v) is 1.77. The fourth-order valence-electron chi connectivity index (χ4n) is 1.77. The molecule has 1 heterocycles. The van der Waals surface area contributed by atoms with Crippen LogP contribution >= 0.6 is 0 Å². The minimum Gasteiger partial charge on any atom is -0.358 e. The van der Waals surface area contributed by atoms with Gasteiger partial charge < -0.3 is 16.4 Å². The van der Waals surface area contributed by atoms with E-state index in [4.69, 9.17) is 5.73 Å². The van der Waals surface area contributed by atoms with E-state index >= 15 is 0 Å². The van der Waals surface area contributed by atoms with Gasteiger partial charge in [0, 0.05) is 13.2 Å².